The topological polar surface area (TPSA) is 83.6 Å². The molecule has 6 heteroatoms. The molecule has 2 aliphatic heterocycles. The number of halogens is 1. The maximum atomic E-state index is 12.3. The molecule has 1 amide bonds. The second kappa shape index (κ2) is 5.07. The molecule has 2 heterocycles. The normalized spacial score (nSPS) is 24.7. The summed E-state index contributed by atoms with van der Waals surface area (Å²) in [4.78, 5) is 24.9. The zero-order valence-electron chi connectivity index (χ0n) is 11.3. The number of anilines is 1. The van der Waals surface area contributed by atoms with Gasteiger partial charge in [0.25, 0.3) is 0 Å². The van der Waals surface area contributed by atoms with E-state index >= 15 is 0 Å². The minimum Gasteiger partial charge on any atom is -0.480 e. The van der Waals surface area contributed by atoms with Gasteiger partial charge in [-0.1, -0.05) is 17.7 Å². The number of carboxylic acid groups (broad SMARTS) is 1. The van der Waals surface area contributed by atoms with Gasteiger partial charge in [-0.05, 0) is 36.6 Å². The average molecular weight is 307 g/mol. The van der Waals surface area contributed by atoms with Gasteiger partial charge in [0, 0.05) is 28.7 Å². The molecule has 3 rings (SSSR count). The molecule has 2 aliphatic rings. The predicted octanol–water partition coefficient (Wildman–Crippen LogP) is 2.37. The Hall–Kier alpha value is -2.01. The number of nitrogen functional groups attached to an aromatic ring is 1. The third kappa shape index (κ3) is 2.38. The van der Waals surface area contributed by atoms with Crippen molar-refractivity contribution in [3.8, 4) is 0 Å². The number of carboxylic acids is 1. The zero-order chi connectivity index (χ0) is 15.1. The predicted molar refractivity (Wildman–Crippen MR) is 78.8 cm³/mol. The zero-order valence-corrected chi connectivity index (χ0v) is 12.0. The Labute approximate surface area is 127 Å². The number of rotatable bonds is 2. The lowest BCUT2D eigenvalue weighted by Crippen LogP contribution is -2.41. The highest BCUT2D eigenvalue weighted by Crippen LogP contribution is 2.39. The van der Waals surface area contributed by atoms with Crippen LogP contribution in [0.2, 0.25) is 5.02 Å². The van der Waals surface area contributed by atoms with Crippen LogP contribution in [0.1, 0.15) is 30.7 Å². The van der Waals surface area contributed by atoms with Crippen molar-refractivity contribution in [2.24, 2.45) is 0 Å². The Morgan fingerprint density at radius 2 is 2.19 bits per heavy atom. The SMILES string of the molecule is Nc1ccc(Cl)cc1C1C=C2CCC(C(=O)O)N2C(=O)C1. The highest BCUT2D eigenvalue weighted by Gasteiger charge is 2.41. The molecule has 0 saturated carbocycles. The van der Waals surface area contributed by atoms with Crippen LogP contribution < -0.4 is 5.73 Å². The number of carbonyl (C=O) groups is 2. The molecule has 3 N–H and O–H groups in total. The molecule has 1 saturated heterocycles. The number of fused-ring (bicyclic) bond motifs is 1. The largest absolute Gasteiger partial charge is 0.480 e. The number of nitrogens with zero attached hydrogens (tertiary/aromatic N) is 1. The van der Waals surface area contributed by atoms with Gasteiger partial charge in [-0.3, -0.25) is 4.79 Å². The van der Waals surface area contributed by atoms with E-state index in [1.54, 1.807) is 18.2 Å². The first-order valence-electron chi connectivity index (χ1n) is 6.78. The molecule has 0 bridgehead atoms. The number of amides is 1. The molecule has 0 aromatic heterocycles. The number of aliphatic carboxylic acids is 1. The van der Waals surface area contributed by atoms with Gasteiger partial charge in [0.1, 0.15) is 6.04 Å². The van der Waals surface area contributed by atoms with Gasteiger partial charge in [0.05, 0.1) is 0 Å². The van der Waals surface area contributed by atoms with Gasteiger partial charge < -0.3 is 15.7 Å². The van der Waals surface area contributed by atoms with Crippen LogP contribution in [0.15, 0.2) is 30.0 Å². The summed E-state index contributed by atoms with van der Waals surface area (Å²) in [6.07, 6.45) is 3.23. The van der Waals surface area contributed by atoms with Gasteiger partial charge in [-0.2, -0.15) is 0 Å². The first kappa shape index (κ1) is 13.9. The Bertz CT molecular complexity index is 656. The first-order valence-corrected chi connectivity index (χ1v) is 7.15. The molecule has 110 valence electrons. The lowest BCUT2D eigenvalue weighted by Gasteiger charge is -2.30. The number of benzene rings is 1. The Morgan fingerprint density at radius 1 is 1.43 bits per heavy atom. The molecule has 5 nitrogen and oxygen atoms in total. The van der Waals surface area contributed by atoms with Crippen molar-refractivity contribution in [3.63, 3.8) is 0 Å². The van der Waals surface area contributed by atoms with Crippen LogP contribution in [0.3, 0.4) is 0 Å². The fraction of sp³-hybridized carbons (Fsp3) is 0.333. The second-order valence-electron chi connectivity index (χ2n) is 5.40. The third-order valence-corrected chi connectivity index (χ3v) is 4.32. The van der Waals surface area contributed by atoms with Crippen molar-refractivity contribution in [1.82, 2.24) is 4.90 Å². The summed E-state index contributed by atoms with van der Waals surface area (Å²) in [6, 6.07) is 4.47. The van der Waals surface area contributed by atoms with E-state index in [4.69, 9.17) is 17.3 Å². The summed E-state index contributed by atoms with van der Waals surface area (Å²) in [5, 5.41) is 9.75. The van der Waals surface area contributed by atoms with Crippen molar-refractivity contribution in [3.05, 3.63) is 40.6 Å². The van der Waals surface area contributed by atoms with E-state index in [0.29, 0.717) is 23.6 Å². The Morgan fingerprint density at radius 3 is 2.90 bits per heavy atom. The molecule has 0 aliphatic carbocycles. The van der Waals surface area contributed by atoms with E-state index < -0.39 is 12.0 Å². The molecule has 0 radical (unpaired) electrons. The van der Waals surface area contributed by atoms with Crippen LogP contribution in [0.4, 0.5) is 5.69 Å². The average Bonchev–Trinajstić information content (AvgIpc) is 2.86. The Balaban J connectivity index is 1.97. The van der Waals surface area contributed by atoms with E-state index in [9.17, 15) is 14.7 Å². The fourth-order valence-electron chi connectivity index (χ4n) is 3.11. The summed E-state index contributed by atoms with van der Waals surface area (Å²) in [5.74, 6) is -1.26. The minimum atomic E-state index is -0.951. The maximum Gasteiger partial charge on any atom is 0.326 e. The van der Waals surface area contributed by atoms with E-state index in [1.807, 2.05) is 6.08 Å². The second-order valence-corrected chi connectivity index (χ2v) is 5.83. The van der Waals surface area contributed by atoms with Crippen molar-refractivity contribution in [2.75, 3.05) is 5.73 Å². The lowest BCUT2D eigenvalue weighted by molar-refractivity contribution is -0.147. The van der Waals surface area contributed by atoms with Crippen LogP contribution >= 0.6 is 11.6 Å². The smallest absolute Gasteiger partial charge is 0.326 e. The number of allylic oxidation sites excluding steroid dienone is 2. The quantitative estimate of drug-likeness (QED) is 0.822. The summed E-state index contributed by atoms with van der Waals surface area (Å²) in [5.41, 5.74) is 8.17. The fourth-order valence-corrected chi connectivity index (χ4v) is 3.29. The van der Waals surface area contributed by atoms with Crippen LogP contribution in [0.5, 0.6) is 0 Å². The van der Waals surface area contributed by atoms with Gasteiger partial charge in [0.2, 0.25) is 5.91 Å². The molecule has 1 fully saturated rings. The van der Waals surface area contributed by atoms with Gasteiger partial charge in [0.15, 0.2) is 0 Å². The van der Waals surface area contributed by atoms with Gasteiger partial charge in [-0.15, -0.1) is 0 Å². The summed E-state index contributed by atoms with van der Waals surface area (Å²) >= 11 is 6.00. The van der Waals surface area contributed by atoms with E-state index in [2.05, 4.69) is 0 Å². The van der Waals surface area contributed by atoms with E-state index in [1.165, 1.54) is 4.90 Å². The van der Waals surface area contributed by atoms with Crippen molar-refractivity contribution < 1.29 is 14.7 Å². The molecular weight excluding hydrogens is 292 g/mol. The van der Waals surface area contributed by atoms with Crippen molar-refractivity contribution >= 4 is 29.2 Å². The Kier molecular flexibility index (Phi) is 3.37. The lowest BCUT2D eigenvalue weighted by atomic mass is 9.90. The summed E-state index contributed by atoms with van der Waals surface area (Å²) in [6.45, 7) is 0. The summed E-state index contributed by atoms with van der Waals surface area (Å²) < 4.78 is 0. The number of hydrogen-bond acceptors (Lipinski definition) is 3. The maximum absolute atomic E-state index is 12.3. The first-order chi connectivity index (χ1) is 9.97. The molecule has 1 aromatic carbocycles. The van der Waals surface area contributed by atoms with Gasteiger partial charge >= 0.3 is 5.97 Å². The molecule has 2 unspecified atom stereocenters. The van der Waals surface area contributed by atoms with E-state index in [-0.39, 0.29) is 18.2 Å². The van der Waals surface area contributed by atoms with Crippen LogP contribution in [-0.2, 0) is 9.59 Å². The highest BCUT2D eigenvalue weighted by atomic mass is 35.5. The molecule has 2 atom stereocenters. The van der Waals surface area contributed by atoms with Crippen molar-refractivity contribution in [1.29, 1.82) is 0 Å². The number of hydrogen-bond donors (Lipinski definition) is 2. The van der Waals surface area contributed by atoms with Crippen LogP contribution in [0, 0.1) is 0 Å². The number of nitrogens with two attached hydrogens (primary N) is 1. The monoisotopic (exact) mass is 306 g/mol. The van der Waals surface area contributed by atoms with Crippen LogP contribution in [-0.4, -0.2) is 27.9 Å². The molecule has 1 aromatic rings. The molecular formula is C15H15ClN2O3. The third-order valence-electron chi connectivity index (χ3n) is 4.09. The standard InChI is InChI=1S/C15H15ClN2O3/c16-9-1-3-12(17)11(7-9)8-5-10-2-4-13(15(20)21)18(10)14(19)6-8/h1,3,5,7-8,13H,2,4,6,17H2,(H,20,21). The highest BCUT2D eigenvalue weighted by molar-refractivity contribution is 6.30. The number of carbonyl (C=O) groups excluding carboxylic acids is 1. The molecule has 21 heavy (non-hydrogen) atoms. The van der Waals surface area contributed by atoms with Crippen molar-refractivity contribution in [2.45, 2.75) is 31.2 Å². The van der Waals surface area contributed by atoms with Gasteiger partial charge in [-0.25, -0.2) is 4.79 Å². The van der Waals surface area contributed by atoms with E-state index in [0.717, 1.165) is 11.3 Å². The summed E-state index contributed by atoms with van der Waals surface area (Å²) in [7, 11) is 0. The molecule has 0 spiro atoms. The van der Waals surface area contributed by atoms with Crippen LogP contribution in [0.25, 0.3) is 0 Å². The minimum absolute atomic E-state index is 0.144.